The van der Waals surface area contributed by atoms with Crippen molar-refractivity contribution in [2.24, 2.45) is 7.05 Å². The number of nitrogens with one attached hydrogen (secondary N) is 1. The number of nitrogens with zero attached hydrogens (tertiary/aromatic N) is 5. The highest BCUT2D eigenvalue weighted by Crippen LogP contribution is 2.27. The van der Waals surface area contributed by atoms with Crippen molar-refractivity contribution in [2.75, 3.05) is 11.1 Å². The molecular weight excluding hydrogens is 400 g/mol. The molecule has 9 heteroatoms. The third-order valence-corrected chi connectivity index (χ3v) is 5.84. The fourth-order valence-corrected chi connectivity index (χ4v) is 3.95. The van der Waals surface area contributed by atoms with Gasteiger partial charge < -0.3 is 14.3 Å². The van der Waals surface area contributed by atoms with E-state index in [1.165, 1.54) is 11.8 Å². The quantitative estimate of drug-likeness (QED) is 0.474. The highest BCUT2D eigenvalue weighted by Gasteiger charge is 2.18. The SMILES string of the molecule is Cc1nn(-c2ccccc2)c(C)c1NC(=O)CSc1nnc(-c2ccoc2C)n1C. The lowest BCUT2D eigenvalue weighted by molar-refractivity contribution is -0.113. The molecule has 0 aliphatic heterocycles. The van der Waals surface area contributed by atoms with E-state index in [1.807, 2.05) is 73.5 Å². The standard InChI is InChI=1S/C21H22N6O2S/c1-13-19(14(2)27(25-13)16-8-6-5-7-9-16)22-18(28)12-30-21-24-23-20(26(21)4)17-10-11-29-15(17)3/h5-11H,12H2,1-4H3,(H,22,28). The Bertz CT molecular complexity index is 1190. The Hall–Kier alpha value is -3.33. The summed E-state index contributed by atoms with van der Waals surface area (Å²) < 4.78 is 9.04. The van der Waals surface area contributed by atoms with E-state index in [2.05, 4.69) is 20.6 Å². The maximum atomic E-state index is 12.6. The largest absolute Gasteiger partial charge is 0.469 e. The van der Waals surface area contributed by atoms with Gasteiger partial charge in [0.25, 0.3) is 0 Å². The maximum absolute atomic E-state index is 12.6. The van der Waals surface area contributed by atoms with Crippen LogP contribution < -0.4 is 5.32 Å². The van der Waals surface area contributed by atoms with Gasteiger partial charge in [0.2, 0.25) is 5.91 Å². The van der Waals surface area contributed by atoms with E-state index in [-0.39, 0.29) is 11.7 Å². The minimum Gasteiger partial charge on any atom is -0.469 e. The molecule has 3 heterocycles. The van der Waals surface area contributed by atoms with Crippen LogP contribution in [0.15, 0.2) is 52.2 Å². The minimum atomic E-state index is -0.122. The van der Waals surface area contributed by atoms with Gasteiger partial charge in [0.1, 0.15) is 5.76 Å². The zero-order chi connectivity index (χ0) is 21.3. The third kappa shape index (κ3) is 3.76. The number of aromatic nitrogens is 5. The Labute approximate surface area is 178 Å². The van der Waals surface area contributed by atoms with Gasteiger partial charge in [-0.05, 0) is 39.0 Å². The van der Waals surface area contributed by atoms with Gasteiger partial charge in [-0.3, -0.25) is 4.79 Å². The zero-order valence-corrected chi connectivity index (χ0v) is 18.0. The topological polar surface area (TPSA) is 90.8 Å². The van der Waals surface area contributed by atoms with Crippen LogP contribution in [0.25, 0.3) is 17.1 Å². The predicted octanol–water partition coefficient (Wildman–Crippen LogP) is 3.92. The molecule has 1 N–H and O–H groups in total. The summed E-state index contributed by atoms with van der Waals surface area (Å²) in [7, 11) is 1.88. The Morgan fingerprint density at radius 2 is 1.90 bits per heavy atom. The molecule has 0 saturated carbocycles. The first-order chi connectivity index (χ1) is 14.5. The number of carbonyl (C=O) groups excluding carboxylic acids is 1. The number of para-hydroxylation sites is 1. The zero-order valence-electron chi connectivity index (χ0n) is 17.2. The molecule has 3 aromatic heterocycles. The van der Waals surface area contributed by atoms with Crippen molar-refractivity contribution in [2.45, 2.75) is 25.9 Å². The smallest absolute Gasteiger partial charge is 0.234 e. The van der Waals surface area contributed by atoms with Crippen LogP contribution in [0.1, 0.15) is 17.1 Å². The summed E-state index contributed by atoms with van der Waals surface area (Å²) in [4.78, 5) is 12.6. The summed E-state index contributed by atoms with van der Waals surface area (Å²) in [5, 5.41) is 16.7. The Morgan fingerprint density at radius 3 is 2.60 bits per heavy atom. The maximum Gasteiger partial charge on any atom is 0.234 e. The minimum absolute atomic E-state index is 0.122. The summed E-state index contributed by atoms with van der Waals surface area (Å²) in [6.45, 7) is 5.71. The molecule has 8 nitrogen and oxygen atoms in total. The lowest BCUT2D eigenvalue weighted by atomic mass is 10.2. The van der Waals surface area contributed by atoms with Gasteiger partial charge in [-0.1, -0.05) is 30.0 Å². The van der Waals surface area contributed by atoms with Crippen LogP contribution in [0.4, 0.5) is 5.69 Å². The van der Waals surface area contributed by atoms with Gasteiger partial charge in [-0.25, -0.2) is 4.68 Å². The fraction of sp³-hybridized carbons (Fsp3) is 0.238. The van der Waals surface area contributed by atoms with E-state index >= 15 is 0 Å². The van der Waals surface area contributed by atoms with Gasteiger partial charge in [-0.15, -0.1) is 10.2 Å². The molecule has 4 rings (SSSR count). The number of thioether (sulfide) groups is 1. The van der Waals surface area contributed by atoms with E-state index in [4.69, 9.17) is 4.42 Å². The number of aryl methyl sites for hydroxylation is 2. The van der Waals surface area contributed by atoms with E-state index in [0.717, 1.165) is 34.1 Å². The molecule has 0 spiro atoms. The summed E-state index contributed by atoms with van der Waals surface area (Å²) in [6.07, 6.45) is 1.62. The molecule has 154 valence electrons. The van der Waals surface area contributed by atoms with Crippen LogP contribution in [-0.2, 0) is 11.8 Å². The third-order valence-electron chi connectivity index (χ3n) is 4.82. The van der Waals surface area contributed by atoms with Crippen LogP contribution in [0.5, 0.6) is 0 Å². The second-order valence-electron chi connectivity index (χ2n) is 6.89. The normalized spacial score (nSPS) is 11.1. The first-order valence-corrected chi connectivity index (χ1v) is 10.4. The lowest BCUT2D eigenvalue weighted by Gasteiger charge is -2.07. The number of benzene rings is 1. The van der Waals surface area contributed by atoms with Crippen molar-refractivity contribution >= 4 is 23.4 Å². The van der Waals surface area contributed by atoms with Crippen molar-refractivity contribution in [1.29, 1.82) is 0 Å². The first-order valence-electron chi connectivity index (χ1n) is 9.44. The molecule has 0 unspecified atom stereocenters. The molecular formula is C21H22N6O2S. The summed E-state index contributed by atoms with van der Waals surface area (Å²) >= 11 is 1.33. The van der Waals surface area contributed by atoms with Crippen molar-refractivity contribution in [1.82, 2.24) is 24.5 Å². The highest BCUT2D eigenvalue weighted by molar-refractivity contribution is 7.99. The number of amides is 1. The molecule has 0 atom stereocenters. The predicted molar refractivity (Wildman–Crippen MR) is 116 cm³/mol. The lowest BCUT2D eigenvalue weighted by Crippen LogP contribution is -2.15. The molecule has 0 saturated heterocycles. The van der Waals surface area contributed by atoms with Crippen LogP contribution >= 0.6 is 11.8 Å². The summed E-state index contributed by atoms with van der Waals surface area (Å²) in [6, 6.07) is 11.7. The van der Waals surface area contributed by atoms with Crippen LogP contribution in [0, 0.1) is 20.8 Å². The van der Waals surface area contributed by atoms with Crippen molar-refractivity contribution in [3.63, 3.8) is 0 Å². The molecule has 0 fully saturated rings. The molecule has 1 aromatic carbocycles. The van der Waals surface area contributed by atoms with E-state index < -0.39 is 0 Å². The second kappa shape index (κ2) is 8.19. The monoisotopic (exact) mass is 422 g/mol. The first kappa shape index (κ1) is 20.0. The Morgan fingerprint density at radius 1 is 1.13 bits per heavy atom. The second-order valence-corrected chi connectivity index (χ2v) is 7.83. The molecule has 0 aliphatic carbocycles. The Kier molecular flexibility index (Phi) is 5.45. The van der Waals surface area contributed by atoms with Gasteiger partial charge in [0.05, 0.1) is 40.3 Å². The van der Waals surface area contributed by atoms with Crippen molar-refractivity contribution in [3.8, 4) is 17.1 Å². The summed E-state index contributed by atoms with van der Waals surface area (Å²) in [5.74, 6) is 1.58. The number of hydrogen-bond acceptors (Lipinski definition) is 6. The van der Waals surface area contributed by atoms with Gasteiger partial charge >= 0.3 is 0 Å². The van der Waals surface area contributed by atoms with Gasteiger partial charge in [-0.2, -0.15) is 5.10 Å². The molecule has 0 bridgehead atoms. The average molecular weight is 423 g/mol. The van der Waals surface area contributed by atoms with Crippen molar-refractivity contribution in [3.05, 3.63) is 59.8 Å². The Balaban J connectivity index is 1.45. The fourth-order valence-electron chi connectivity index (χ4n) is 3.24. The molecule has 0 radical (unpaired) electrons. The average Bonchev–Trinajstić information content (AvgIpc) is 3.40. The van der Waals surface area contributed by atoms with Crippen molar-refractivity contribution < 1.29 is 9.21 Å². The summed E-state index contributed by atoms with van der Waals surface area (Å²) in [5.41, 5.74) is 4.23. The van der Waals surface area contributed by atoms with E-state index in [9.17, 15) is 4.79 Å². The number of rotatable bonds is 6. The number of furan rings is 1. The van der Waals surface area contributed by atoms with Crippen LogP contribution in [0.2, 0.25) is 0 Å². The van der Waals surface area contributed by atoms with Crippen LogP contribution in [0.3, 0.4) is 0 Å². The van der Waals surface area contributed by atoms with Gasteiger partial charge in [0.15, 0.2) is 11.0 Å². The molecule has 0 aliphatic rings. The van der Waals surface area contributed by atoms with E-state index in [0.29, 0.717) is 11.0 Å². The molecule has 30 heavy (non-hydrogen) atoms. The number of anilines is 1. The highest BCUT2D eigenvalue weighted by atomic mass is 32.2. The molecule has 1 amide bonds. The van der Waals surface area contributed by atoms with Gasteiger partial charge in [0, 0.05) is 7.05 Å². The number of carbonyl (C=O) groups is 1. The molecule has 4 aromatic rings. The number of hydrogen-bond donors (Lipinski definition) is 1. The van der Waals surface area contributed by atoms with E-state index in [1.54, 1.807) is 6.26 Å². The van der Waals surface area contributed by atoms with Crippen LogP contribution in [-0.4, -0.2) is 36.2 Å².